The second-order valence-corrected chi connectivity index (χ2v) is 4.86. The average molecular weight is 305 g/mol. The maximum Gasteiger partial charge on any atom is 0.316 e. The van der Waals surface area contributed by atoms with E-state index in [1.54, 1.807) is 12.1 Å². The molecule has 0 aliphatic carbocycles. The van der Waals surface area contributed by atoms with E-state index >= 15 is 0 Å². The van der Waals surface area contributed by atoms with Gasteiger partial charge in [0.25, 0.3) is 5.91 Å². The molecular weight excluding hydrogens is 290 g/mol. The van der Waals surface area contributed by atoms with Gasteiger partial charge in [-0.05, 0) is 23.3 Å². The standard InChI is InChI=1S/C18H15N3O2/c1-23-18-19-11-16(12-20-18)21-17(22)15-9-7-14(8-10-15)13-5-3-2-4-6-13/h2-12H,1H3,(H,21,22). The molecule has 0 saturated carbocycles. The quantitative estimate of drug-likeness (QED) is 0.802. The molecule has 0 spiro atoms. The van der Waals surface area contributed by atoms with E-state index in [0.717, 1.165) is 11.1 Å². The normalized spacial score (nSPS) is 10.1. The number of benzene rings is 2. The Morgan fingerprint density at radius 1 is 0.913 bits per heavy atom. The fraction of sp³-hybridized carbons (Fsp3) is 0.0556. The number of amides is 1. The number of hydrogen-bond donors (Lipinski definition) is 1. The van der Waals surface area contributed by atoms with Gasteiger partial charge in [0.2, 0.25) is 0 Å². The monoisotopic (exact) mass is 305 g/mol. The average Bonchev–Trinajstić information content (AvgIpc) is 2.63. The Balaban J connectivity index is 1.72. The van der Waals surface area contributed by atoms with E-state index in [4.69, 9.17) is 4.74 Å². The van der Waals surface area contributed by atoms with Crippen LogP contribution in [0.5, 0.6) is 6.01 Å². The van der Waals surface area contributed by atoms with Crippen molar-refractivity contribution in [1.29, 1.82) is 0 Å². The number of rotatable bonds is 4. The van der Waals surface area contributed by atoms with Crippen molar-refractivity contribution in [3.8, 4) is 17.1 Å². The maximum atomic E-state index is 12.2. The van der Waals surface area contributed by atoms with Crippen molar-refractivity contribution in [2.75, 3.05) is 12.4 Å². The van der Waals surface area contributed by atoms with Crippen LogP contribution in [0.2, 0.25) is 0 Å². The molecule has 0 aliphatic rings. The van der Waals surface area contributed by atoms with E-state index in [1.165, 1.54) is 19.5 Å². The maximum absolute atomic E-state index is 12.2. The summed E-state index contributed by atoms with van der Waals surface area (Å²) in [6, 6.07) is 17.7. The summed E-state index contributed by atoms with van der Waals surface area (Å²) in [5.74, 6) is -0.210. The topological polar surface area (TPSA) is 64.1 Å². The first-order valence-corrected chi connectivity index (χ1v) is 7.09. The van der Waals surface area contributed by atoms with Crippen molar-refractivity contribution in [1.82, 2.24) is 9.97 Å². The Kier molecular flexibility index (Phi) is 4.29. The fourth-order valence-electron chi connectivity index (χ4n) is 2.13. The Morgan fingerprint density at radius 3 is 2.13 bits per heavy atom. The zero-order valence-electron chi connectivity index (χ0n) is 12.6. The van der Waals surface area contributed by atoms with Gasteiger partial charge in [-0.1, -0.05) is 42.5 Å². The number of aromatic nitrogens is 2. The van der Waals surface area contributed by atoms with Crippen LogP contribution >= 0.6 is 0 Å². The first-order chi connectivity index (χ1) is 11.3. The van der Waals surface area contributed by atoms with Gasteiger partial charge < -0.3 is 10.1 Å². The van der Waals surface area contributed by atoms with Crippen LogP contribution < -0.4 is 10.1 Å². The molecule has 0 atom stereocenters. The van der Waals surface area contributed by atoms with Crippen molar-refractivity contribution in [3.63, 3.8) is 0 Å². The lowest BCUT2D eigenvalue weighted by Gasteiger charge is -2.06. The highest BCUT2D eigenvalue weighted by atomic mass is 16.5. The molecule has 2 aromatic carbocycles. The van der Waals surface area contributed by atoms with Gasteiger partial charge in [0.05, 0.1) is 25.2 Å². The number of carbonyl (C=O) groups excluding carboxylic acids is 1. The number of nitrogens with zero attached hydrogens (tertiary/aromatic N) is 2. The lowest BCUT2D eigenvalue weighted by molar-refractivity contribution is 0.102. The third-order valence-electron chi connectivity index (χ3n) is 3.32. The lowest BCUT2D eigenvalue weighted by Crippen LogP contribution is -2.12. The molecule has 1 N–H and O–H groups in total. The van der Waals surface area contributed by atoms with Crippen molar-refractivity contribution in [2.45, 2.75) is 0 Å². The number of methoxy groups -OCH3 is 1. The molecular formula is C18H15N3O2. The first-order valence-electron chi connectivity index (χ1n) is 7.09. The predicted molar refractivity (Wildman–Crippen MR) is 88.4 cm³/mol. The molecule has 23 heavy (non-hydrogen) atoms. The molecule has 0 fully saturated rings. The highest BCUT2D eigenvalue weighted by Gasteiger charge is 2.07. The second-order valence-electron chi connectivity index (χ2n) is 4.86. The zero-order chi connectivity index (χ0) is 16.1. The molecule has 1 amide bonds. The molecule has 0 unspecified atom stereocenters. The lowest BCUT2D eigenvalue weighted by atomic mass is 10.0. The summed E-state index contributed by atoms with van der Waals surface area (Å²) >= 11 is 0. The summed E-state index contributed by atoms with van der Waals surface area (Å²) in [4.78, 5) is 20.1. The molecule has 1 heterocycles. The predicted octanol–water partition coefficient (Wildman–Crippen LogP) is 3.40. The van der Waals surface area contributed by atoms with E-state index in [0.29, 0.717) is 11.3 Å². The van der Waals surface area contributed by atoms with Gasteiger partial charge in [-0.3, -0.25) is 4.79 Å². The molecule has 5 heteroatoms. The number of carbonyl (C=O) groups is 1. The molecule has 5 nitrogen and oxygen atoms in total. The number of hydrogen-bond acceptors (Lipinski definition) is 4. The summed E-state index contributed by atoms with van der Waals surface area (Å²) < 4.78 is 4.88. The first kappa shape index (κ1) is 14.7. The van der Waals surface area contributed by atoms with E-state index in [-0.39, 0.29) is 11.9 Å². The van der Waals surface area contributed by atoms with Gasteiger partial charge in [-0.15, -0.1) is 0 Å². The minimum absolute atomic E-state index is 0.210. The van der Waals surface area contributed by atoms with E-state index in [1.807, 2.05) is 42.5 Å². The molecule has 0 saturated heterocycles. The minimum Gasteiger partial charge on any atom is -0.467 e. The Hall–Kier alpha value is -3.21. The molecule has 0 bridgehead atoms. The van der Waals surface area contributed by atoms with Crippen LogP contribution in [-0.2, 0) is 0 Å². The van der Waals surface area contributed by atoms with Crippen LogP contribution in [-0.4, -0.2) is 23.0 Å². The molecule has 0 radical (unpaired) electrons. The van der Waals surface area contributed by atoms with Crippen LogP contribution in [0.25, 0.3) is 11.1 Å². The minimum atomic E-state index is -0.210. The highest BCUT2D eigenvalue weighted by Crippen LogP contribution is 2.19. The summed E-state index contributed by atoms with van der Waals surface area (Å²) in [5, 5.41) is 2.75. The van der Waals surface area contributed by atoms with Gasteiger partial charge in [0.15, 0.2) is 0 Å². The van der Waals surface area contributed by atoms with E-state index < -0.39 is 0 Å². The fourth-order valence-corrected chi connectivity index (χ4v) is 2.13. The van der Waals surface area contributed by atoms with Gasteiger partial charge >= 0.3 is 6.01 Å². The van der Waals surface area contributed by atoms with Crippen LogP contribution in [0.3, 0.4) is 0 Å². The molecule has 114 valence electrons. The van der Waals surface area contributed by atoms with Crippen LogP contribution in [0, 0.1) is 0 Å². The largest absolute Gasteiger partial charge is 0.467 e. The van der Waals surface area contributed by atoms with Crippen molar-refractivity contribution < 1.29 is 9.53 Å². The van der Waals surface area contributed by atoms with Gasteiger partial charge in [0.1, 0.15) is 0 Å². The molecule has 0 aliphatic heterocycles. The van der Waals surface area contributed by atoms with E-state index in [9.17, 15) is 4.79 Å². The SMILES string of the molecule is COc1ncc(NC(=O)c2ccc(-c3ccccc3)cc2)cn1. The highest BCUT2D eigenvalue weighted by molar-refractivity contribution is 6.04. The molecule has 3 rings (SSSR count). The van der Waals surface area contributed by atoms with Crippen molar-refractivity contribution in [3.05, 3.63) is 72.6 Å². The van der Waals surface area contributed by atoms with Crippen molar-refractivity contribution >= 4 is 11.6 Å². The molecule has 3 aromatic rings. The van der Waals surface area contributed by atoms with Gasteiger partial charge in [0, 0.05) is 5.56 Å². The number of anilines is 1. The Morgan fingerprint density at radius 2 is 1.52 bits per heavy atom. The number of ether oxygens (including phenoxy) is 1. The van der Waals surface area contributed by atoms with Gasteiger partial charge in [-0.25, -0.2) is 9.97 Å². The third kappa shape index (κ3) is 3.52. The zero-order valence-corrected chi connectivity index (χ0v) is 12.6. The summed E-state index contributed by atoms with van der Waals surface area (Å²) in [7, 11) is 1.49. The summed E-state index contributed by atoms with van der Waals surface area (Å²) in [5.41, 5.74) is 3.27. The van der Waals surface area contributed by atoms with Gasteiger partial charge in [-0.2, -0.15) is 0 Å². The van der Waals surface area contributed by atoms with Crippen LogP contribution in [0.15, 0.2) is 67.0 Å². The Bertz CT molecular complexity index is 785. The van der Waals surface area contributed by atoms with E-state index in [2.05, 4.69) is 15.3 Å². The van der Waals surface area contributed by atoms with Crippen LogP contribution in [0.4, 0.5) is 5.69 Å². The van der Waals surface area contributed by atoms with Crippen LogP contribution in [0.1, 0.15) is 10.4 Å². The summed E-state index contributed by atoms with van der Waals surface area (Å²) in [6.07, 6.45) is 3.00. The smallest absolute Gasteiger partial charge is 0.316 e. The number of nitrogens with one attached hydrogen (secondary N) is 1. The third-order valence-corrected chi connectivity index (χ3v) is 3.32. The Labute approximate surface area is 134 Å². The summed E-state index contributed by atoms with van der Waals surface area (Å²) in [6.45, 7) is 0. The van der Waals surface area contributed by atoms with Crippen molar-refractivity contribution in [2.24, 2.45) is 0 Å². The molecule has 1 aromatic heterocycles. The second kappa shape index (κ2) is 6.70.